The van der Waals surface area contributed by atoms with Gasteiger partial charge in [0.25, 0.3) is 0 Å². The van der Waals surface area contributed by atoms with Gasteiger partial charge in [0.15, 0.2) is 22.9 Å². The summed E-state index contributed by atoms with van der Waals surface area (Å²) in [5.74, 6) is 1.39. The first-order valence-electron chi connectivity index (χ1n) is 11.7. The lowest BCUT2D eigenvalue weighted by molar-refractivity contribution is -0.140. The van der Waals surface area contributed by atoms with Crippen molar-refractivity contribution in [3.05, 3.63) is 59.9 Å². The molecule has 0 saturated heterocycles. The van der Waals surface area contributed by atoms with Crippen molar-refractivity contribution in [2.45, 2.75) is 39.5 Å². The number of aryl methyl sites for hydroxylation is 3. The molecule has 5 aromatic rings. The Kier molecular flexibility index (Phi) is 5.97. The summed E-state index contributed by atoms with van der Waals surface area (Å²) in [6.45, 7) is 6.51. The van der Waals surface area contributed by atoms with Gasteiger partial charge >= 0.3 is 6.18 Å². The number of benzene rings is 1. The van der Waals surface area contributed by atoms with Gasteiger partial charge in [0.05, 0.1) is 18.2 Å². The van der Waals surface area contributed by atoms with Crippen LogP contribution < -0.4 is 5.32 Å². The van der Waals surface area contributed by atoms with Gasteiger partial charge in [-0.1, -0.05) is 24.3 Å². The number of aromatic nitrogens is 8. The molecule has 12 heteroatoms. The first-order chi connectivity index (χ1) is 17.5. The molecule has 5 rings (SSSR count). The van der Waals surface area contributed by atoms with Gasteiger partial charge in [-0.25, -0.2) is 19.9 Å². The molecule has 0 radical (unpaired) electrons. The number of halogens is 3. The molecule has 1 aromatic carbocycles. The highest BCUT2D eigenvalue weighted by Crippen LogP contribution is 2.31. The van der Waals surface area contributed by atoms with E-state index in [0.29, 0.717) is 34.8 Å². The molecule has 9 nitrogen and oxygen atoms in total. The zero-order valence-corrected chi connectivity index (χ0v) is 21.0. The Morgan fingerprint density at radius 1 is 1.00 bits per heavy atom. The van der Waals surface area contributed by atoms with Gasteiger partial charge in [0, 0.05) is 38.4 Å². The van der Waals surface area contributed by atoms with E-state index in [4.69, 9.17) is 9.97 Å². The molecule has 4 heterocycles. The maximum atomic E-state index is 13.0. The minimum absolute atomic E-state index is 0.185. The van der Waals surface area contributed by atoms with Gasteiger partial charge in [-0.05, 0) is 26.3 Å². The van der Waals surface area contributed by atoms with Crippen LogP contribution in [0.15, 0.2) is 43.0 Å². The fraction of sp³-hybridized carbons (Fsp3) is 0.320. The summed E-state index contributed by atoms with van der Waals surface area (Å²) in [5.41, 5.74) is 3.63. The van der Waals surface area contributed by atoms with E-state index in [-0.39, 0.29) is 11.9 Å². The van der Waals surface area contributed by atoms with Crippen LogP contribution in [0.4, 0.5) is 19.0 Å². The molecule has 0 bridgehead atoms. The van der Waals surface area contributed by atoms with Crippen LogP contribution >= 0.6 is 0 Å². The molecule has 0 aliphatic heterocycles. The third-order valence-electron chi connectivity index (χ3n) is 6.06. The lowest BCUT2D eigenvalue weighted by Crippen LogP contribution is -2.07. The summed E-state index contributed by atoms with van der Waals surface area (Å²) in [6.07, 6.45) is 0.134. The highest BCUT2D eigenvalue weighted by molar-refractivity contribution is 5.86. The Labute approximate surface area is 211 Å². The number of imidazole rings is 2. The third-order valence-corrected chi connectivity index (χ3v) is 6.06. The molecule has 0 atom stereocenters. The predicted molar refractivity (Wildman–Crippen MR) is 134 cm³/mol. The molecule has 1 N–H and O–H groups in total. The van der Waals surface area contributed by atoms with Crippen molar-refractivity contribution in [2.24, 2.45) is 14.1 Å². The summed E-state index contributed by atoms with van der Waals surface area (Å²) < 4.78 is 44.2. The van der Waals surface area contributed by atoms with Crippen molar-refractivity contribution in [1.82, 2.24) is 38.9 Å². The zero-order valence-electron chi connectivity index (χ0n) is 21.0. The van der Waals surface area contributed by atoms with E-state index >= 15 is 0 Å². The largest absolute Gasteiger partial charge is 0.434 e. The van der Waals surface area contributed by atoms with Crippen LogP contribution in [0.2, 0.25) is 0 Å². The predicted octanol–water partition coefficient (Wildman–Crippen LogP) is 5.15. The number of alkyl halides is 3. The van der Waals surface area contributed by atoms with Crippen LogP contribution in [0.5, 0.6) is 0 Å². The van der Waals surface area contributed by atoms with Crippen LogP contribution in [-0.4, -0.2) is 38.9 Å². The maximum Gasteiger partial charge on any atom is 0.434 e. The van der Waals surface area contributed by atoms with E-state index in [1.165, 1.54) is 4.57 Å². The highest BCUT2D eigenvalue weighted by atomic mass is 19.4. The normalized spacial score (nSPS) is 12.1. The number of hydrogen-bond acceptors (Lipinski definition) is 6. The second kappa shape index (κ2) is 9.02. The molecule has 4 aromatic heterocycles. The maximum absolute atomic E-state index is 13.0. The van der Waals surface area contributed by atoms with E-state index in [2.05, 4.69) is 34.2 Å². The molecule has 0 fully saturated rings. The monoisotopic (exact) mass is 509 g/mol. The van der Waals surface area contributed by atoms with Crippen LogP contribution in [0.25, 0.3) is 33.9 Å². The van der Waals surface area contributed by atoms with E-state index < -0.39 is 11.9 Å². The van der Waals surface area contributed by atoms with Gasteiger partial charge in [-0.2, -0.15) is 18.3 Å². The lowest BCUT2D eigenvalue weighted by atomic mass is 10.1. The second-order valence-electron chi connectivity index (χ2n) is 9.22. The van der Waals surface area contributed by atoms with E-state index in [1.54, 1.807) is 30.2 Å². The quantitative estimate of drug-likeness (QED) is 0.341. The van der Waals surface area contributed by atoms with Crippen LogP contribution in [0, 0.1) is 6.92 Å². The fourth-order valence-electron chi connectivity index (χ4n) is 4.21. The Morgan fingerprint density at radius 3 is 2.38 bits per heavy atom. The smallest absolute Gasteiger partial charge is 0.364 e. The zero-order chi connectivity index (χ0) is 26.5. The lowest BCUT2D eigenvalue weighted by Gasteiger charge is -2.13. The SMILES string of the molecule is Cc1ncn(C(C)C)c1-c1nc(NCc2ccc(-c3nc(C(F)(F)F)cn3C)cc2)c2nn(C)cc2n1. The first kappa shape index (κ1) is 24.5. The van der Waals surface area contributed by atoms with Crippen molar-refractivity contribution in [1.29, 1.82) is 0 Å². The number of fused-ring (bicyclic) bond motifs is 1. The molecule has 0 aliphatic carbocycles. The molecule has 0 amide bonds. The summed E-state index contributed by atoms with van der Waals surface area (Å²) in [6, 6.07) is 7.39. The highest BCUT2D eigenvalue weighted by Gasteiger charge is 2.34. The van der Waals surface area contributed by atoms with Gasteiger partial charge in [-0.15, -0.1) is 0 Å². The Hall–Kier alpha value is -4.22. The minimum Gasteiger partial charge on any atom is -0.364 e. The van der Waals surface area contributed by atoms with E-state index in [0.717, 1.165) is 23.1 Å². The molecule has 37 heavy (non-hydrogen) atoms. The molecule has 0 aliphatic rings. The van der Waals surface area contributed by atoms with Gasteiger partial charge < -0.3 is 14.5 Å². The molecular formula is C25H26F3N9. The summed E-state index contributed by atoms with van der Waals surface area (Å²) in [5, 5.41) is 7.87. The summed E-state index contributed by atoms with van der Waals surface area (Å²) in [4.78, 5) is 17.8. The number of rotatable bonds is 6. The molecule has 192 valence electrons. The second-order valence-corrected chi connectivity index (χ2v) is 9.22. The van der Waals surface area contributed by atoms with Gasteiger partial charge in [0.1, 0.15) is 17.0 Å². The van der Waals surface area contributed by atoms with Crippen molar-refractivity contribution < 1.29 is 13.2 Å². The minimum atomic E-state index is -4.49. The first-order valence-corrected chi connectivity index (χ1v) is 11.7. The Morgan fingerprint density at radius 2 is 1.73 bits per heavy atom. The fourth-order valence-corrected chi connectivity index (χ4v) is 4.21. The molecule has 0 unspecified atom stereocenters. The average Bonchev–Trinajstić information content (AvgIpc) is 3.53. The van der Waals surface area contributed by atoms with E-state index in [9.17, 15) is 13.2 Å². The summed E-state index contributed by atoms with van der Waals surface area (Å²) in [7, 11) is 3.38. The van der Waals surface area contributed by atoms with Crippen molar-refractivity contribution >= 4 is 16.9 Å². The van der Waals surface area contributed by atoms with Crippen LogP contribution in [0.1, 0.15) is 36.8 Å². The Bertz CT molecular complexity index is 1570. The number of anilines is 1. The number of hydrogen-bond donors (Lipinski definition) is 1. The standard InChI is InChI=1S/C25H26F3N9/c1-14(2)37-13-30-15(3)21(37)23-31-18-11-36(5)34-20(18)22(33-23)29-10-16-6-8-17(9-7-16)24-32-19(12-35(24)4)25(26,27)28/h6-9,11-14H,10H2,1-5H3,(H,29,31,33). The van der Waals surface area contributed by atoms with Gasteiger partial charge in [-0.3, -0.25) is 4.68 Å². The Balaban J connectivity index is 1.43. The molecule has 0 spiro atoms. The molecule has 0 saturated carbocycles. The summed E-state index contributed by atoms with van der Waals surface area (Å²) >= 11 is 0. The molecular weight excluding hydrogens is 483 g/mol. The topological polar surface area (TPSA) is 91.3 Å². The number of nitrogens with zero attached hydrogens (tertiary/aromatic N) is 8. The van der Waals surface area contributed by atoms with E-state index in [1.807, 2.05) is 36.9 Å². The third kappa shape index (κ3) is 4.66. The van der Waals surface area contributed by atoms with Crippen molar-refractivity contribution in [3.63, 3.8) is 0 Å². The average molecular weight is 510 g/mol. The van der Waals surface area contributed by atoms with Crippen LogP contribution in [-0.2, 0) is 26.8 Å². The van der Waals surface area contributed by atoms with Gasteiger partial charge in [0.2, 0.25) is 0 Å². The van der Waals surface area contributed by atoms with Crippen molar-refractivity contribution in [2.75, 3.05) is 5.32 Å². The number of nitrogens with one attached hydrogen (secondary N) is 1. The van der Waals surface area contributed by atoms with Crippen molar-refractivity contribution in [3.8, 4) is 22.9 Å². The van der Waals surface area contributed by atoms with Crippen LogP contribution in [0.3, 0.4) is 0 Å².